The van der Waals surface area contributed by atoms with Crippen molar-refractivity contribution >= 4 is 23.8 Å². The van der Waals surface area contributed by atoms with Crippen molar-refractivity contribution in [3.8, 4) is 0 Å². The highest BCUT2D eigenvalue weighted by Gasteiger charge is 2.20. The molecule has 1 N–H and O–H groups in total. The average Bonchev–Trinajstić information content (AvgIpc) is 2.32. The first-order chi connectivity index (χ1) is 8.08. The average molecular weight is 263 g/mol. The molecule has 0 aliphatic rings. The van der Waals surface area contributed by atoms with Gasteiger partial charge in [-0.05, 0) is 25.7 Å². The number of carboxylic acids is 1. The van der Waals surface area contributed by atoms with Crippen LogP contribution in [0.3, 0.4) is 0 Å². The van der Waals surface area contributed by atoms with E-state index in [9.17, 15) is 9.59 Å². The molecular weight excluding hydrogens is 244 g/mol. The fourth-order valence-electron chi connectivity index (χ4n) is 1.52. The molecule has 0 radical (unpaired) electrons. The third-order valence-electron chi connectivity index (χ3n) is 2.50. The summed E-state index contributed by atoms with van der Waals surface area (Å²) in [6.45, 7) is 3.93. The lowest BCUT2D eigenvalue weighted by atomic mass is 9.98. The van der Waals surface area contributed by atoms with Crippen LogP contribution in [0.25, 0.3) is 0 Å². The quantitative estimate of drug-likeness (QED) is 0.681. The van der Waals surface area contributed by atoms with Crippen LogP contribution in [0.2, 0.25) is 0 Å². The summed E-state index contributed by atoms with van der Waals surface area (Å²) in [7, 11) is 0. The first-order valence-electron chi connectivity index (χ1n) is 5.86. The predicted molar refractivity (Wildman–Crippen MR) is 65.7 cm³/mol. The van der Waals surface area contributed by atoms with Crippen LogP contribution in [0, 0.1) is 0 Å². The second-order valence-electron chi connectivity index (χ2n) is 3.83. The summed E-state index contributed by atoms with van der Waals surface area (Å²) in [5, 5.41) is 9.11. The molecule has 0 fully saturated rings. The molecule has 0 heterocycles. The van der Waals surface area contributed by atoms with Crippen LogP contribution in [0.4, 0.5) is 0 Å². The maximum absolute atomic E-state index is 11.5. The van der Waals surface area contributed by atoms with E-state index in [-0.39, 0.29) is 11.1 Å². The first-order valence-corrected chi connectivity index (χ1v) is 6.17. The highest BCUT2D eigenvalue weighted by Crippen LogP contribution is 2.20. The maximum Gasteiger partial charge on any atom is 0.352 e. The molecule has 0 rings (SSSR count). The summed E-state index contributed by atoms with van der Waals surface area (Å²) >= 11 is 5.03. The number of carboxylic acid groups (broad SMARTS) is 1. The molecule has 4 nitrogen and oxygen atoms in total. The van der Waals surface area contributed by atoms with E-state index in [2.05, 4.69) is 4.29 Å². The molecule has 0 aromatic heterocycles. The van der Waals surface area contributed by atoms with Crippen LogP contribution < -0.4 is 0 Å². The summed E-state index contributed by atoms with van der Waals surface area (Å²) in [6, 6.07) is 0. The number of hydrogen-bond donors (Lipinski definition) is 1. The number of rotatable bonds is 8. The van der Waals surface area contributed by atoms with Gasteiger partial charge in [-0.15, -0.1) is 0 Å². The van der Waals surface area contributed by atoms with Gasteiger partial charge in [-0.3, -0.25) is 0 Å². The van der Waals surface area contributed by atoms with Crippen molar-refractivity contribution in [2.75, 3.05) is 0 Å². The number of hydrogen-bond acceptors (Lipinski definition) is 3. The largest absolute Gasteiger partial charge is 0.478 e. The molecule has 5 heteroatoms. The van der Waals surface area contributed by atoms with E-state index in [0.717, 1.165) is 25.7 Å². The monoisotopic (exact) mass is 262 g/mol. The van der Waals surface area contributed by atoms with Crippen molar-refractivity contribution in [3.63, 3.8) is 0 Å². The molecule has 0 aliphatic heterocycles. The van der Waals surface area contributed by atoms with Crippen LogP contribution in [-0.2, 0) is 13.9 Å². The SMILES string of the molecule is CCCC/C(C(=O)O)=C(\CCCC)C(=O)OCl. The van der Waals surface area contributed by atoms with Crippen LogP contribution in [0.5, 0.6) is 0 Å². The zero-order valence-electron chi connectivity index (χ0n) is 10.3. The summed E-state index contributed by atoms with van der Waals surface area (Å²) < 4.78 is 4.13. The van der Waals surface area contributed by atoms with Gasteiger partial charge in [0, 0.05) is 11.1 Å². The molecule has 0 saturated carbocycles. The van der Waals surface area contributed by atoms with E-state index in [1.807, 2.05) is 13.8 Å². The van der Waals surface area contributed by atoms with Gasteiger partial charge in [-0.2, -0.15) is 0 Å². The molecular formula is C12H19ClO4. The molecule has 0 amide bonds. The molecule has 98 valence electrons. The van der Waals surface area contributed by atoms with E-state index in [1.54, 1.807) is 0 Å². The molecule has 0 aromatic carbocycles. The number of unbranched alkanes of at least 4 members (excludes halogenated alkanes) is 2. The zero-order valence-corrected chi connectivity index (χ0v) is 11.0. The lowest BCUT2D eigenvalue weighted by Gasteiger charge is -2.09. The maximum atomic E-state index is 11.5. The van der Waals surface area contributed by atoms with E-state index in [0.29, 0.717) is 12.8 Å². The van der Waals surface area contributed by atoms with Crippen LogP contribution >= 0.6 is 11.9 Å². The number of halogens is 1. The van der Waals surface area contributed by atoms with Crippen LogP contribution in [0.1, 0.15) is 52.4 Å². The second kappa shape index (κ2) is 9.05. The van der Waals surface area contributed by atoms with Crippen LogP contribution in [0.15, 0.2) is 11.1 Å². The van der Waals surface area contributed by atoms with Gasteiger partial charge in [0.2, 0.25) is 0 Å². The summed E-state index contributed by atoms with van der Waals surface area (Å²) in [6.07, 6.45) is 3.98. The molecule has 17 heavy (non-hydrogen) atoms. The van der Waals surface area contributed by atoms with Gasteiger partial charge in [0.15, 0.2) is 0 Å². The van der Waals surface area contributed by atoms with Crippen molar-refractivity contribution < 1.29 is 19.0 Å². The predicted octanol–water partition coefficient (Wildman–Crippen LogP) is 3.45. The first kappa shape index (κ1) is 16.0. The van der Waals surface area contributed by atoms with Crippen molar-refractivity contribution in [3.05, 3.63) is 11.1 Å². The van der Waals surface area contributed by atoms with Crippen molar-refractivity contribution in [2.24, 2.45) is 0 Å². The Bertz CT molecular complexity index is 297. The van der Waals surface area contributed by atoms with Gasteiger partial charge >= 0.3 is 11.9 Å². The van der Waals surface area contributed by atoms with E-state index in [4.69, 9.17) is 17.0 Å². The fourth-order valence-corrected chi connectivity index (χ4v) is 1.61. The lowest BCUT2D eigenvalue weighted by Crippen LogP contribution is -2.12. The number of carbonyl (C=O) groups excluding carboxylic acids is 1. The number of carbonyl (C=O) groups is 2. The van der Waals surface area contributed by atoms with E-state index >= 15 is 0 Å². The minimum Gasteiger partial charge on any atom is -0.478 e. The van der Waals surface area contributed by atoms with Gasteiger partial charge in [-0.1, -0.05) is 26.7 Å². The molecule has 0 aliphatic carbocycles. The highest BCUT2D eigenvalue weighted by atomic mass is 35.5. The van der Waals surface area contributed by atoms with E-state index < -0.39 is 11.9 Å². The van der Waals surface area contributed by atoms with Gasteiger partial charge in [0.25, 0.3) is 0 Å². The van der Waals surface area contributed by atoms with E-state index in [1.165, 1.54) is 0 Å². The minimum absolute atomic E-state index is 0.131. The second-order valence-corrected chi connectivity index (χ2v) is 3.99. The van der Waals surface area contributed by atoms with Gasteiger partial charge < -0.3 is 9.40 Å². The van der Waals surface area contributed by atoms with Gasteiger partial charge in [0.1, 0.15) is 11.9 Å². The van der Waals surface area contributed by atoms with Crippen molar-refractivity contribution in [1.82, 2.24) is 0 Å². The van der Waals surface area contributed by atoms with Gasteiger partial charge in [-0.25, -0.2) is 9.59 Å². The number of aliphatic carboxylic acids is 1. The zero-order chi connectivity index (χ0) is 13.3. The normalized spacial score (nSPS) is 11.9. The Morgan fingerprint density at radius 3 is 1.88 bits per heavy atom. The molecule has 0 unspecified atom stereocenters. The Labute approximate surface area is 107 Å². The topological polar surface area (TPSA) is 63.6 Å². The highest BCUT2D eigenvalue weighted by molar-refractivity contribution is 6.16. The molecule has 0 aromatic rings. The Hall–Kier alpha value is -1.03. The summed E-state index contributed by atoms with van der Waals surface area (Å²) in [5.41, 5.74) is 0.328. The Balaban J connectivity index is 5.07. The third kappa shape index (κ3) is 5.73. The summed E-state index contributed by atoms with van der Waals surface area (Å²) in [4.78, 5) is 22.6. The van der Waals surface area contributed by atoms with Crippen molar-refractivity contribution in [1.29, 1.82) is 0 Å². The molecule has 0 spiro atoms. The molecule has 0 atom stereocenters. The Morgan fingerprint density at radius 1 is 1.06 bits per heavy atom. The lowest BCUT2D eigenvalue weighted by molar-refractivity contribution is -0.135. The van der Waals surface area contributed by atoms with Gasteiger partial charge in [0.05, 0.1) is 0 Å². The van der Waals surface area contributed by atoms with Crippen molar-refractivity contribution in [2.45, 2.75) is 52.4 Å². The van der Waals surface area contributed by atoms with Crippen LogP contribution in [-0.4, -0.2) is 17.0 Å². The smallest absolute Gasteiger partial charge is 0.352 e. The Kier molecular flexibility index (Phi) is 8.50. The summed E-state index contributed by atoms with van der Waals surface area (Å²) in [5.74, 6) is -1.81. The molecule has 0 bridgehead atoms. The Morgan fingerprint density at radius 2 is 1.53 bits per heavy atom. The minimum atomic E-state index is -1.06. The standard InChI is InChI=1S/C12H19ClO4/c1-3-5-7-9(11(14)15)10(8-6-4-2)12(16)17-13/h3-8H2,1-2H3,(H,14,15)/b10-9-. The fraction of sp³-hybridized carbons (Fsp3) is 0.667. The third-order valence-corrected chi connectivity index (χ3v) is 2.64. The molecule has 0 saturated heterocycles.